The zero-order valence-electron chi connectivity index (χ0n) is 22.1. The molecular weight excluding hydrogens is 472 g/mol. The molecule has 5 atom stereocenters. The lowest BCUT2D eigenvalue weighted by molar-refractivity contribution is -0.142. The van der Waals surface area contributed by atoms with E-state index in [1.165, 1.54) is 0 Å². The fourth-order valence-electron chi connectivity index (χ4n) is 2.86. The molecule has 0 aliphatic rings. The highest BCUT2D eigenvalue weighted by Gasteiger charge is 2.21. The molecule has 0 saturated heterocycles. The first-order valence-electron chi connectivity index (χ1n) is 12.5. The predicted molar refractivity (Wildman–Crippen MR) is 133 cm³/mol. The third kappa shape index (κ3) is 15.3. The quantitative estimate of drug-likeness (QED) is 0.152. The maximum atomic E-state index is 12.3. The van der Waals surface area contributed by atoms with Crippen LogP contribution < -0.4 is 21.7 Å². The van der Waals surface area contributed by atoms with Gasteiger partial charge in [-0.3, -0.25) is 19.2 Å². The Kier molecular flexibility index (Phi) is 17.1. The van der Waals surface area contributed by atoms with Crippen molar-refractivity contribution in [2.75, 3.05) is 32.9 Å². The second-order valence-corrected chi connectivity index (χ2v) is 9.11. The Morgan fingerprint density at radius 3 is 2.11 bits per heavy atom. The van der Waals surface area contributed by atoms with Crippen LogP contribution in [0.15, 0.2) is 0 Å². The lowest BCUT2D eigenvalue weighted by atomic mass is 10.1. The van der Waals surface area contributed by atoms with Crippen LogP contribution in [0, 0.1) is 17.8 Å². The number of hydrogen-bond acceptors (Lipinski definition) is 7. The number of carbonyl (C=O) groups excluding carboxylic acids is 4. The van der Waals surface area contributed by atoms with Crippen molar-refractivity contribution in [3.05, 3.63) is 0 Å². The minimum absolute atomic E-state index is 0.00148. The highest BCUT2D eigenvalue weighted by atomic mass is 16.5. The van der Waals surface area contributed by atoms with E-state index in [1.54, 1.807) is 20.8 Å². The number of nitrogens with two attached hydrogens (primary N) is 1. The smallest absolute Gasteiger partial charge is 0.326 e. The molecule has 0 aromatic heterocycles. The molecule has 0 aromatic carbocycles. The number of primary amides is 1. The summed E-state index contributed by atoms with van der Waals surface area (Å²) in [7, 11) is 0. The predicted octanol–water partition coefficient (Wildman–Crippen LogP) is 0.184. The monoisotopic (exact) mass is 516 g/mol. The molecule has 5 unspecified atom stereocenters. The molecule has 0 heterocycles. The van der Waals surface area contributed by atoms with Gasteiger partial charge < -0.3 is 36.3 Å². The first-order valence-corrected chi connectivity index (χ1v) is 12.5. The van der Waals surface area contributed by atoms with Gasteiger partial charge in [0.05, 0.1) is 37.8 Å². The molecule has 4 amide bonds. The first-order chi connectivity index (χ1) is 16.9. The zero-order valence-corrected chi connectivity index (χ0v) is 22.1. The third-order valence-electron chi connectivity index (χ3n) is 5.51. The summed E-state index contributed by atoms with van der Waals surface area (Å²) >= 11 is 0. The maximum absolute atomic E-state index is 12.3. The summed E-state index contributed by atoms with van der Waals surface area (Å²) in [6, 6.07) is -1.10. The molecule has 6 N–H and O–H groups in total. The molecule has 12 heteroatoms. The molecule has 12 nitrogen and oxygen atoms in total. The number of carboxylic acid groups (broad SMARTS) is 1. The fraction of sp³-hybridized carbons (Fsp3) is 0.792. The summed E-state index contributed by atoms with van der Waals surface area (Å²) in [5.41, 5.74) is 5.22. The summed E-state index contributed by atoms with van der Waals surface area (Å²) in [5, 5.41) is 17.1. The average Bonchev–Trinajstić information content (AvgIpc) is 2.84. The molecule has 0 radical (unpaired) electrons. The van der Waals surface area contributed by atoms with E-state index in [1.807, 2.05) is 13.8 Å². The standard InChI is InChI=1S/C24H44N4O8/c1-6-18(36-14-16(4)22(25)31)11-27-23(32)17(5)13-35-12-15(3)10-26-21(30)9-8-19(24(33)34)28-20(29)7-2/h15-19H,6-14H2,1-5H3,(H2,25,31)(H,26,30)(H,27,32)(H,28,29)(H,33,34). The van der Waals surface area contributed by atoms with Gasteiger partial charge in [0.25, 0.3) is 0 Å². The van der Waals surface area contributed by atoms with E-state index in [-0.39, 0.29) is 68.1 Å². The first kappa shape index (κ1) is 33.3. The van der Waals surface area contributed by atoms with Crippen LogP contribution in [-0.2, 0) is 33.4 Å². The summed E-state index contributed by atoms with van der Waals surface area (Å²) in [6.07, 6.45) is 0.582. The Balaban J connectivity index is 4.17. The second-order valence-electron chi connectivity index (χ2n) is 9.11. The number of rotatable bonds is 20. The molecule has 208 valence electrons. The van der Waals surface area contributed by atoms with Crippen LogP contribution in [0.2, 0.25) is 0 Å². The van der Waals surface area contributed by atoms with Gasteiger partial charge in [0, 0.05) is 25.9 Å². The Labute approximate surface area is 213 Å². The van der Waals surface area contributed by atoms with Gasteiger partial charge in [-0.15, -0.1) is 0 Å². The van der Waals surface area contributed by atoms with Crippen molar-refractivity contribution in [1.82, 2.24) is 16.0 Å². The van der Waals surface area contributed by atoms with Gasteiger partial charge >= 0.3 is 5.97 Å². The maximum Gasteiger partial charge on any atom is 0.326 e. The van der Waals surface area contributed by atoms with Gasteiger partial charge in [-0.05, 0) is 18.8 Å². The molecule has 0 saturated carbocycles. The minimum atomic E-state index is -1.18. The Bertz CT molecular complexity index is 718. The van der Waals surface area contributed by atoms with Gasteiger partial charge in [-0.25, -0.2) is 4.79 Å². The molecule has 0 spiro atoms. The molecule has 0 aromatic rings. The second kappa shape index (κ2) is 18.5. The van der Waals surface area contributed by atoms with Crippen LogP contribution in [-0.4, -0.2) is 79.8 Å². The number of ether oxygens (including phenoxy) is 2. The Morgan fingerprint density at radius 1 is 0.889 bits per heavy atom. The van der Waals surface area contributed by atoms with Crippen LogP contribution in [0.1, 0.15) is 60.3 Å². The van der Waals surface area contributed by atoms with E-state index in [0.29, 0.717) is 26.1 Å². The third-order valence-corrected chi connectivity index (χ3v) is 5.51. The van der Waals surface area contributed by atoms with E-state index in [4.69, 9.17) is 20.3 Å². The van der Waals surface area contributed by atoms with E-state index in [2.05, 4.69) is 16.0 Å². The van der Waals surface area contributed by atoms with Crippen LogP contribution in [0.5, 0.6) is 0 Å². The van der Waals surface area contributed by atoms with Gasteiger partial charge in [0.2, 0.25) is 23.6 Å². The van der Waals surface area contributed by atoms with Gasteiger partial charge in [-0.1, -0.05) is 34.6 Å². The largest absolute Gasteiger partial charge is 0.480 e. The van der Waals surface area contributed by atoms with Crippen molar-refractivity contribution in [2.45, 2.75) is 72.4 Å². The molecule has 36 heavy (non-hydrogen) atoms. The molecule has 0 bridgehead atoms. The number of hydrogen-bond donors (Lipinski definition) is 5. The number of carbonyl (C=O) groups is 5. The van der Waals surface area contributed by atoms with Crippen molar-refractivity contribution in [3.8, 4) is 0 Å². The highest BCUT2D eigenvalue weighted by Crippen LogP contribution is 2.05. The van der Waals surface area contributed by atoms with E-state index in [0.717, 1.165) is 0 Å². The molecular formula is C24H44N4O8. The van der Waals surface area contributed by atoms with Crippen LogP contribution >= 0.6 is 0 Å². The number of carboxylic acids is 1. The SMILES string of the molecule is CCC(=O)NC(CCC(=O)NCC(C)COCC(C)C(=O)NCC(CC)OCC(C)C(N)=O)C(=O)O. The van der Waals surface area contributed by atoms with Crippen LogP contribution in [0.3, 0.4) is 0 Å². The van der Waals surface area contributed by atoms with E-state index < -0.39 is 23.8 Å². The Morgan fingerprint density at radius 2 is 1.56 bits per heavy atom. The summed E-state index contributed by atoms with van der Waals surface area (Å²) in [6.45, 7) is 10.2. The topological polar surface area (TPSA) is 186 Å². The highest BCUT2D eigenvalue weighted by molar-refractivity contribution is 5.84. The van der Waals surface area contributed by atoms with Crippen molar-refractivity contribution >= 4 is 29.6 Å². The van der Waals surface area contributed by atoms with Gasteiger partial charge in [0.1, 0.15) is 6.04 Å². The molecule has 0 rings (SSSR count). The molecule has 0 fully saturated rings. The normalized spacial score (nSPS) is 15.1. The Hall–Kier alpha value is -2.73. The van der Waals surface area contributed by atoms with Crippen LogP contribution in [0.25, 0.3) is 0 Å². The lowest BCUT2D eigenvalue weighted by Gasteiger charge is -2.20. The van der Waals surface area contributed by atoms with Crippen molar-refractivity contribution in [1.29, 1.82) is 0 Å². The number of aliphatic carboxylic acids is 1. The summed E-state index contributed by atoms with van der Waals surface area (Å²) in [4.78, 5) is 58.0. The van der Waals surface area contributed by atoms with E-state index in [9.17, 15) is 24.0 Å². The van der Waals surface area contributed by atoms with Crippen molar-refractivity contribution in [2.24, 2.45) is 23.5 Å². The molecule has 0 aliphatic carbocycles. The van der Waals surface area contributed by atoms with Gasteiger partial charge in [-0.2, -0.15) is 0 Å². The minimum Gasteiger partial charge on any atom is -0.480 e. The van der Waals surface area contributed by atoms with Gasteiger partial charge in [0.15, 0.2) is 0 Å². The van der Waals surface area contributed by atoms with Crippen molar-refractivity contribution in [3.63, 3.8) is 0 Å². The van der Waals surface area contributed by atoms with E-state index >= 15 is 0 Å². The zero-order chi connectivity index (χ0) is 27.7. The van der Waals surface area contributed by atoms with Crippen LogP contribution in [0.4, 0.5) is 0 Å². The summed E-state index contributed by atoms with van der Waals surface area (Å²) in [5.74, 6) is -3.30. The molecule has 0 aliphatic heterocycles. The average molecular weight is 517 g/mol. The van der Waals surface area contributed by atoms with Crippen molar-refractivity contribution < 1.29 is 38.6 Å². The fourth-order valence-corrected chi connectivity index (χ4v) is 2.86. The number of amides is 4. The number of nitrogens with one attached hydrogen (secondary N) is 3. The lowest BCUT2D eigenvalue weighted by Crippen LogP contribution is -2.41. The summed E-state index contributed by atoms with van der Waals surface area (Å²) < 4.78 is 11.3.